The molecule has 1 aromatic heterocycles. The fourth-order valence-corrected chi connectivity index (χ4v) is 4.45. The predicted molar refractivity (Wildman–Crippen MR) is 104 cm³/mol. The summed E-state index contributed by atoms with van der Waals surface area (Å²) in [5.74, 6) is 0.252. The van der Waals surface area contributed by atoms with Crippen LogP contribution in [0.4, 0.5) is 5.69 Å². The van der Waals surface area contributed by atoms with E-state index in [0.717, 1.165) is 40.7 Å². The highest BCUT2D eigenvalue weighted by atomic mass is 16.1. The second kappa shape index (κ2) is 5.80. The summed E-state index contributed by atoms with van der Waals surface area (Å²) in [7, 11) is 0. The number of nitrogens with zero attached hydrogens (tertiary/aromatic N) is 1. The van der Waals surface area contributed by atoms with Gasteiger partial charge >= 0.3 is 0 Å². The minimum atomic E-state index is -0.0249. The molecular weight excluding hydrogens is 320 g/mol. The van der Waals surface area contributed by atoms with Crippen LogP contribution >= 0.6 is 0 Å². The van der Waals surface area contributed by atoms with Gasteiger partial charge in [-0.2, -0.15) is 0 Å². The molecule has 0 spiro atoms. The van der Waals surface area contributed by atoms with E-state index < -0.39 is 0 Å². The molecule has 0 saturated carbocycles. The van der Waals surface area contributed by atoms with Crippen LogP contribution in [0.3, 0.4) is 0 Å². The minimum absolute atomic E-state index is 0.0249. The van der Waals surface area contributed by atoms with Gasteiger partial charge in [0.15, 0.2) is 5.78 Å². The highest BCUT2D eigenvalue weighted by molar-refractivity contribution is 6.03. The molecule has 128 valence electrons. The molecule has 1 aliphatic carbocycles. The first kappa shape index (κ1) is 15.3. The van der Waals surface area contributed by atoms with Crippen molar-refractivity contribution in [1.82, 2.24) is 4.98 Å². The maximum atomic E-state index is 13.0. The van der Waals surface area contributed by atoms with Crippen molar-refractivity contribution in [3.05, 3.63) is 82.7 Å². The lowest BCUT2D eigenvalue weighted by Gasteiger charge is -2.35. The molecule has 0 fully saturated rings. The van der Waals surface area contributed by atoms with Crippen molar-refractivity contribution in [2.45, 2.75) is 32.1 Å². The number of ketones is 1. The molecule has 0 bridgehead atoms. The Hall–Kier alpha value is -2.94. The van der Waals surface area contributed by atoms with Crippen LogP contribution in [0.2, 0.25) is 0 Å². The molecule has 0 radical (unpaired) electrons. The van der Waals surface area contributed by atoms with E-state index in [-0.39, 0.29) is 11.7 Å². The van der Waals surface area contributed by atoms with Crippen molar-refractivity contribution in [3.8, 4) is 0 Å². The molecule has 0 unspecified atom stereocenters. The van der Waals surface area contributed by atoms with Crippen molar-refractivity contribution < 1.29 is 4.79 Å². The van der Waals surface area contributed by atoms with Crippen molar-refractivity contribution in [1.29, 1.82) is 0 Å². The number of hydrogen-bond donors (Lipinski definition) is 1. The molecule has 1 aliphatic heterocycles. The summed E-state index contributed by atoms with van der Waals surface area (Å²) in [5.41, 5.74) is 7.75. The smallest absolute Gasteiger partial charge is 0.161 e. The molecule has 3 nitrogen and oxygen atoms in total. The van der Waals surface area contributed by atoms with E-state index in [2.05, 4.69) is 59.7 Å². The third-order valence-corrected chi connectivity index (χ3v) is 5.65. The molecule has 0 amide bonds. The first-order chi connectivity index (χ1) is 12.7. The molecule has 1 N–H and O–H groups in total. The zero-order chi connectivity index (χ0) is 17.7. The Labute approximate surface area is 152 Å². The van der Waals surface area contributed by atoms with E-state index in [9.17, 15) is 4.79 Å². The molecule has 3 heteroatoms. The van der Waals surface area contributed by atoms with Gasteiger partial charge in [0, 0.05) is 40.9 Å². The fourth-order valence-electron chi connectivity index (χ4n) is 4.45. The predicted octanol–water partition coefficient (Wildman–Crippen LogP) is 5.11. The number of aromatic nitrogens is 1. The van der Waals surface area contributed by atoms with E-state index in [1.165, 1.54) is 16.7 Å². The SMILES string of the molecule is Cc1ccccc1[C@@H]1C2=C(CCCC2=O)Nc2ccc3ncccc3c21. The van der Waals surface area contributed by atoms with Gasteiger partial charge in [-0.25, -0.2) is 0 Å². The zero-order valence-electron chi connectivity index (χ0n) is 14.8. The number of carbonyl (C=O) groups excluding carboxylic acids is 1. The molecule has 1 atom stereocenters. The number of rotatable bonds is 1. The first-order valence-electron chi connectivity index (χ1n) is 9.20. The van der Waals surface area contributed by atoms with Crippen molar-refractivity contribution >= 4 is 22.4 Å². The summed E-state index contributed by atoms with van der Waals surface area (Å²) in [6, 6.07) is 16.7. The number of anilines is 1. The monoisotopic (exact) mass is 340 g/mol. The van der Waals surface area contributed by atoms with Gasteiger partial charge in [0.05, 0.1) is 5.52 Å². The summed E-state index contributed by atoms with van der Waals surface area (Å²) < 4.78 is 0. The molecule has 2 heterocycles. The van der Waals surface area contributed by atoms with Crippen molar-refractivity contribution in [3.63, 3.8) is 0 Å². The number of carbonyl (C=O) groups is 1. The average molecular weight is 340 g/mol. The Morgan fingerprint density at radius 1 is 1.04 bits per heavy atom. The number of aryl methyl sites for hydroxylation is 1. The molecular formula is C23H20N2O. The number of benzene rings is 2. The Morgan fingerprint density at radius 2 is 1.92 bits per heavy atom. The third kappa shape index (κ3) is 2.20. The minimum Gasteiger partial charge on any atom is -0.358 e. The lowest BCUT2D eigenvalue weighted by Crippen LogP contribution is -2.27. The fraction of sp³-hybridized carbons (Fsp3) is 0.217. The second-order valence-electron chi connectivity index (χ2n) is 7.18. The van der Waals surface area contributed by atoms with Gasteiger partial charge in [-0.15, -0.1) is 0 Å². The Morgan fingerprint density at radius 3 is 2.81 bits per heavy atom. The van der Waals surface area contributed by atoms with Crippen LogP contribution in [-0.2, 0) is 4.79 Å². The average Bonchev–Trinajstić information content (AvgIpc) is 2.67. The van der Waals surface area contributed by atoms with Crippen LogP contribution in [0, 0.1) is 6.92 Å². The second-order valence-corrected chi connectivity index (χ2v) is 7.18. The number of Topliss-reactive ketones (excluding diaryl/α,β-unsaturated/α-hetero) is 1. The molecule has 26 heavy (non-hydrogen) atoms. The maximum Gasteiger partial charge on any atom is 0.161 e. The van der Waals surface area contributed by atoms with Crippen LogP contribution in [0.25, 0.3) is 10.9 Å². The van der Waals surface area contributed by atoms with Crippen LogP contribution < -0.4 is 5.32 Å². The zero-order valence-corrected chi connectivity index (χ0v) is 14.8. The lowest BCUT2D eigenvalue weighted by molar-refractivity contribution is -0.116. The van der Waals surface area contributed by atoms with Gasteiger partial charge in [-0.1, -0.05) is 30.3 Å². The van der Waals surface area contributed by atoms with Crippen LogP contribution in [0.1, 0.15) is 41.9 Å². The topological polar surface area (TPSA) is 42.0 Å². The van der Waals surface area contributed by atoms with Gasteiger partial charge in [-0.3, -0.25) is 9.78 Å². The Bertz CT molecular complexity index is 1080. The quantitative estimate of drug-likeness (QED) is 0.669. The summed E-state index contributed by atoms with van der Waals surface area (Å²) in [6.45, 7) is 2.13. The van der Waals surface area contributed by atoms with Crippen LogP contribution in [0.15, 0.2) is 66.0 Å². The standard InChI is InChI=1S/C23H20N2O/c1-14-6-2-3-7-15(14)22-21-16-8-5-13-24-17(16)11-12-19(21)25-18-9-4-10-20(26)23(18)22/h2-3,5-8,11-13,22,25H,4,9-10H2,1H3/t22-/m0/s1. The normalized spacial score (nSPS) is 19.1. The summed E-state index contributed by atoms with van der Waals surface area (Å²) in [6.07, 6.45) is 4.33. The van der Waals surface area contributed by atoms with Crippen molar-refractivity contribution in [2.75, 3.05) is 5.32 Å². The van der Waals surface area contributed by atoms with Gasteiger partial charge in [0.2, 0.25) is 0 Å². The number of nitrogens with one attached hydrogen (secondary N) is 1. The van der Waals surface area contributed by atoms with E-state index in [0.29, 0.717) is 6.42 Å². The van der Waals surface area contributed by atoms with E-state index in [1.54, 1.807) is 0 Å². The highest BCUT2D eigenvalue weighted by Gasteiger charge is 2.36. The number of allylic oxidation sites excluding steroid dienone is 2. The van der Waals surface area contributed by atoms with Gasteiger partial charge in [-0.05, 0) is 54.7 Å². The summed E-state index contributed by atoms with van der Waals surface area (Å²) >= 11 is 0. The molecule has 2 aromatic carbocycles. The summed E-state index contributed by atoms with van der Waals surface area (Å²) in [4.78, 5) is 17.5. The largest absolute Gasteiger partial charge is 0.358 e. The number of hydrogen-bond acceptors (Lipinski definition) is 3. The van der Waals surface area contributed by atoms with Gasteiger partial charge < -0.3 is 5.32 Å². The van der Waals surface area contributed by atoms with Crippen LogP contribution in [0.5, 0.6) is 0 Å². The Balaban J connectivity index is 1.87. The van der Waals surface area contributed by atoms with E-state index in [4.69, 9.17) is 0 Å². The van der Waals surface area contributed by atoms with E-state index in [1.807, 2.05) is 12.3 Å². The van der Waals surface area contributed by atoms with Gasteiger partial charge in [0.1, 0.15) is 0 Å². The lowest BCUT2D eigenvalue weighted by atomic mass is 9.73. The molecule has 0 saturated heterocycles. The Kier molecular flexibility index (Phi) is 3.42. The van der Waals surface area contributed by atoms with Gasteiger partial charge in [0.25, 0.3) is 0 Å². The third-order valence-electron chi connectivity index (χ3n) is 5.65. The van der Waals surface area contributed by atoms with Crippen LogP contribution in [-0.4, -0.2) is 10.8 Å². The molecule has 2 aliphatic rings. The number of pyridine rings is 1. The maximum absolute atomic E-state index is 13.0. The molecule has 3 aromatic rings. The van der Waals surface area contributed by atoms with E-state index >= 15 is 0 Å². The first-order valence-corrected chi connectivity index (χ1v) is 9.20. The summed E-state index contributed by atoms with van der Waals surface area (Å²) in [5, 5.41) is 4.69. The highest BCUT2D eigenvalue weighted by Crippen LogP contribution is 2.48. The van der Waals surface area contributed by atoms with Crippen molar-refractivity contribution in [2.24, 2.45) is 0 Å². The molecule has 5 rings (SSSR count). The number of fused-ring (bicyclic) bond motifs is 3.